The fourth-order valence-corrected chi connectivity index (χ4v) is 4.08. The Balaban J connectivity index is 1.48. The Kier molecular flexibility index (Phi) is 5.40. The van der Waals surface area contributed by atoms with E-state index in [0.717, 1.165) is 30.6 Å². The minimum Gasteiger partial charge on any atom is -0.360 e. The van der Waals surface area contributed by atoms with Crippen molar-refractivity contribution in [3.63, 3.8) is 0 Å². The number of rotatable bonds is 4. The monoisotopic (exact) mass is 430 g/mol. The van der Waals surface area contributed by atoms with Gasteiger partial charge in [0.1, 0.15) is 11.6 Å². The van der Waals surface area contributed by atoms with E-state index in [1.54, 1.807) is 24.4 Å². The van der Waals surface area contributed by atoms with Crippen LogP contribution >= 0.6 is 11.6 Å². The summed E-state index contributed by atoms with van der Waals surface area (Å²) in [5, 5.41) is 11.4. The van der Waals surface area contributed by atoms with Crippen LogP contribution in [0.3, 0.4) is 0 Å². The zero-order valence-electron chi connectivity index (χ0n) is 17.2. The SMILES string of the molecule is CC(C)(C)C1CCc2onc(C(=O)Nc3ccn(Cc4c(F)cccc4Cl)n3)c2C1. The van der Waals surface area contributed by atoms with Gasteiger partial charge in [0.15, 0.2) is 11.5 Å². The van der Waals surface area contributed by atoms with Crippen LogP contribution in [-0.4, -0.2) is 20.8 Å². The van der Waals surface area contributed by atoms with Crippen molar-refractivity contribution >= 4 is 23.3 Å². The molecule has 2 heterocycles. The number of amides is 1. The van der Waals surface area contributed by atoms with Gasteiger partial charge in [-0.1, -0.05) is 43.6 Å². The Hall–Kier alpha value is -2.67. The molecule has 6 nitrogen and oxygen atoms in total. The Morgan fingerprint density at radius 3 is 2.90 bits per heavy atom. The van der Waals surface area contributed by atoms with Crippen LogP contribution in [0, 0.1) is 17.2 Å². The van der Waals surface area contributed by atoms with E-state index in [4.69, 9.17) is 16.1 Å². The van der Waals surface area contributed by atoms with E-state index < -0.39 is 5.82 Å². The van der Waals surface area contributed by atoms with Gasteiger partial charge in [-0.25, -0.2) is 4.39 Å². The molecule has 8 heteroatoms. The molecule has 1 N–H and O–H groups in total. The van der Waals surface area contributed by atoms with E-state index in [-0.39, 0.29) is 17.9 Å². The number of hydrogen-bond acceptors (Lipinski definition) is 4. The summed E-state index contributed by atoms with van der Waals surface area (Å²) in [6.45, 7) is 6.80. The number of aromatic nitrogens is 3. The average Bonchev–Trinajstić information content (AvgIpc) is 3.30. The molecule has 0 aliphatic heterocycles. The smallest absolute Gasteiger partial charge is 0.279 e. The fourth-order valence-electron chi connectivity index (χ4n) is 3.86. The molecule has 0 fully saturated rings. The van der Waals surface area contributed by atoms with E-state index in [2.05, 4.69) is 36.3 Å². The normalized spacial score (nSPS) is 16.4. The standard InChI is InChI=1S/C22H24ClFN4O2/c1-22(2,3)13-7-8-18-14(11-13)20(27-30-18)21(29)25-19-9-10-28(26-19)12-15-16(23)5-4-6-17(15)24/h4-6,9-10,13H,7-8,11-12H2,1-3H3,(H,25,26,29). The molecule has 0 saturated carbocycles. The number of nitrogens with one attached hydrogen (secondary N) is 1. The van der Waals surface area contributed by atoms with Crippen LogP contribution in [0.15, 0.2) is 35.0 Å². The molecular weight excluding hydrogens is 407 g/mol. The molecule has 1 aliphatic rings. The average molecular weight is 431 g/mol. The Bertz CT molecular complexity index is 1060. The molecule has 0 saturated heterocycles. The highest BCUT2D eigenvalue weighted by Crippen LogP contribution is 2.38. The van der Waals surface area contributed by atoms with E-state index in [0.29, 0.717) is 28.0 Å². The summed E-state index contributed by atoms with van der Waals surface area (Å²) < 4.78 is 20.9. The van der Waals surface area contributed by atoms with Gasteiger partial charge in [0.25, 0.3) is 5.91 Å². The summed E-state index contributed by atoms with van der Waals surface area (Å²) in [4.78, 5) is 12.8. The lowest BCUT2D eigenvalue weighted by Crippen LogP contribution is -2.27. The quantitative estimate of drug-likeness (QED) is 0.623. The molecule has 1 amide bonds. The topological polar surface area (TPSA) is 73.0 Å². The van der Waals surface area contributed by atoms with E-state index in [1.807, 2.05) is 0 Å². The van der Waals surface area contributed by atoms with Gasteiger partial charge in [-0.05, 0) is 36.3 Å². The lowest BCUT2D eigenvalue weighted by Gasteiger charge is -2.33. The van der Waals surface area contributed by atoms with E-state index >= 15 is 0 Å². The number of benzene rings is 1. The summed E-state index contributed by atoms with van der Waals surface area (Å²) in [7, 11) is 0. The molecule has 1 unspecified atom stereocenters. The van der Waals surface area contributed by atoms with Gasteiger partial charge >= 0.3 is 0 Å². The lowest BCUT2D eigenvalue weighted by atomic mass is 9.71. The van der Waals surface area contributed by atoms with Crippen molar-refractivity contribution in [2.24, 2.45) is 11.3 Å². The highest BCUT2D eigenvalue weighted by molar-refractivity contribution is 6.31. The van der Waals surface area contributed by atoms with Gasteiger partial charge in [-0.3, -0.25) is 9.48 Å². The van der Waals surface area contributed by atoms with Crippen molar-refractivity contribution in [1.29, 1.82) is 0 Å². The molecule has 2 aromatic heterocycles. The molecule has 1 atom stereocenters. The van der Waals surface area contributed by atoms with Crippen LogP contribution in [0.1, 0.15) is 54.6 Å². The second kappa shape index (κ2) is 7.87. The summed E-state index contributed by atoms with van der Waals surface area (Å²) >= 11 is 6.08. The highest BCUT2D eigenvalue weighted by atomic mass is 35.5. The van der Waals surface area contributed by atoms with Crippen molar-refractivity contribution < 1.29 is 13.7 Å². The van der Waals surface area contributed by atoms with Crippen molar-refractivity contribution in [3.8, 4) is 0 Å². The molecule has 0 spiro atoms. The third-order valence-corrected chi connectivity index (χ3v) is 6.10. The fraction of sp³-hybridized carbons (Fsp3) is 0.409. The number of carbonyl (C=O) groups is 1. The highest BCUT2D eigenvalue weighted by Gasteiger charge is 2.34. The van der Waals surface area contributed by atoms with Crippen molar-refractivity contribution in [1.82, 2.24) is 14.9 Å². The van der Waals surface area contributed by atoms with Crippen molar-refractivity contribution in [2.45, 2.75) is 46.6 Å². The summed E-state index contributed by atoms with van der Waals surface area (Å²) in [6, 6.07) is 6.19. The maximum atomic E-state index is 14.0. The Morgan fingerprint density at radius 2 is 2.17 bits per heavy atom. The van der Waals surface area contributed by atoms with Gasteiger partial charge in [-0.2, -0.15) is 5.10 Å². The molecular formula is C22H24ClFN4O2. The van der Waals surface area contributed by atoms with Crippen molar-refractivity contribution in [3.05, 3.63) is 63.9 Å². The molecule has 4 rings (SSSR count). The second-order valence-corrected chi connectivity index (χ2v) is 9.20. The number of hydrogen-bond donors (Lipinski definition) is 1. The first-order valence-electron chi connectivity index (χ1n) is 9.97. The summed E-state index contributed by atoms with van der Waals surface area (Å²) in [5.74, 6) is 0.850. The number of halogens is 2. The molecule has 3 aromatic rings. The van der Waals surface area contributed by atoms with Crippen LogP contribution in [0.2, 0.25) is 5.02 Å². The van der Waals surface area contributed by atoms with Crippen LogP contribution < -0.4 is 5.32 Å². The number of fused-ring (bicyclic) bond motifs is 1. The van der Waals surface area contributed by atoms with Crippen LogP contribution in [0.5, 0.6) is 0 Å². The minimum atomic E-state index is -0.397. The maximum Gasteiger partial charge on any atom is 0.279 e. The molecule has 158 valence electrons. The molecule has 1 aliphatic carbocycles. The summed E-state index contributed by atoms with van der Waals surface area (Å²) in [5.41, 5.74) is 1.69. The molecule has 1 aromatic carbocycles. The number of carbonyl (C=O) groups excluding carboxylic acids is 1. The van der Waals surface area contributed by atoms with E-state index in [1.165, 1.54) is 10.7 Å². The first kappa shape index (κ1) is 20.6. The van der Waals surface area contributed by atoms with Crippen LogP contribution in [0.4, 0.5) is 10.2 Å². The third-order valence-electron chi connectivity index (χ3n) is 5.74. The second-order valence-electron chi connectivity index (χ2n) is 8.79. The molecule has 0 radical (unpaired) electrons. The molecule has 0 bridgehead atoms. The van der Waals surface area contributed by atoms with Crippen LogP contribution in [0.25, 0.3) is 0 Å². The van der Waals surface area contributed by atoms with Gasteiger partial charge in [0, 0.05) is 34.8 Å². The lowest BCUT2D eigenvalue weighted by molar-refractivity contribution is 0.101. The minimum absolute atomic E-state index is 0.148. The Morgan fingerprint density at radius 1 is 1.37 bits per heavy atom. The Labute approximate surface area is 179 Å². The van der Waals surface area contributed by atoms with Crippen LogP contribution in [-0.2, 0) is 19.4 Å². The largest absolute Gasteiger partial charge is 0.360 e. The van der Waals surface area contributed by atoms with E-state index in [9.17, 15) is 9.18 Å². The number of anilines is 1. The van der Waals surface area contributed by atoms with Gasteiger partial charge < -0.3 is 9.84 Å². The van der Waals surface area contributed by atoms with Gasteiger partial charge in [0.2, 0.25) is 0 Å². The first-order chi connectivity index (χ1) is 14.2. The molecule has 30 heavy (non-hydrogen) atoms. The summed E-state index contributed by atoms with van der Waals surface area (Å²) in [6.07, 6.45) is 4.24. The maximum absolute atomic E-state index is 14.0. The first-order valence-corrected chi connectivity index (χ1v) is 10.4. The number of nitrogens with zero attached hydrogens (tertiary/aromatic N) is 3. The predicted octanol–water partition coefficient (Wildman–Crippen LogP) is 5.12. The van der Waals surface area contributed by atoms with Crippen molar-refractivity contribution in [2.75, 3.05) is 5.32 Å². The third kappa shape index (κ3) is 4.12. The van der Waals surface area contributed by atoms with Gasteiger partial charge in [0.05, 0.1) is 6.54 Å². The number of aryl methyl sites for hydroxylation is 1. The predicted molar refractivity (Wildman–Crippen MR) is 112 cm³/mol. The zero-order chi connectivity index (χ0) is 21.5. The zero-order valence-corrected chi connectivity index (χ0v) is 18.0. The van der Waals surface area contributed by atoms with Gasteiger partial charge in [-0.15, -0.1) is 0 Å².